The van der Waals surface area contributed by atoms with Gasteiger partial charge in [0.2, 0.25) is 17.7 Å². The van der Waals surface area contributed by atoms with E-state index in [1.807, 2.05) is 0 Å². The van der Waals surface area contributed by atoms with Gasteiger partial charge in [-0.2, -0.15) is 11.8 Å². The second-order valence-electron chi connectivity index (χ2n) is 6.83. The Morgan fingerprint density at radius 1 is 0.871 bits per heavy atom. The molecular formula is C17H30N4O9S. The predicted octanol–water partition coefficient (Wildman–Crippen LogP) is -3.16. The van der Waals surface area contributed by atoms with Crippen LogP contribution < -0.4 is 21.7 Å². The molecule has 0 bridgehead atoms. The van der Waals surface area contributed by atoms with Crippen molar-refractivity contribution in [3.05, 3.63) is 0 Å². The number of carboxylic acids is 2. The van der Waals surface area contributed by atoms with Crippen molar-refractivity contribution in [3.8, 4) is 0 Å². The Balaban J connectivity index is 5.48. The van der Waals surface area contributed by atoms with Crippen LogP contribution >= 0.6 is 11.8 Å². The Morgan fingerprint density at radius 2 is 1.39 bits per heavy atom. The van der Waals surface area contributed by atoms with E-state index in [1.54, 1.807) is 6.26 Å². The van der Waals surface area contributed by atoms with Gasteiger partial charge in [0.1, 0.15) is 18.1 Å². The molecule has 0 aliphatic heterocycles. The van der Waals surface area contributed by atoms with Crippen LogP contribution in [0.4, 0.5) is 0 Å². The van der Waals surface area contributed by atoms with Gasteiger partial charge in [-0.15, -0.1) is 0 Å². The van der Waals surface area contributed by atoms with Gasteiger partial charge in [0.05, 0.1) is 18.6 Å². The zero-order valence-corrected chi connectivity index (χ0v) is 18.2. The van der Waals surface area contributed by atoms with Gasteiger partial charge in [0.15, 0.2) is 6.04 Å². The van der Waals surface area contributed by atoms with Crippen molar-refractivity contribution in [2.45, 2.75) is 63.1 Å². The number of aliphatic hydroxyl groups is 2. The van der Waals surface area contributed by atoms with Gasteiger partial charge in [-0.3, -0.25) is 19.2 Å². The number of amides is 3. The maximum absolute atomic E-state index is 12.6. The summed E-state index contributed by atoms with van der Waals surface area (Å²) in [6.07, 6.45) is -1.71. The van der Waals surface area contributed by atoms with E-state index in [-0.39, 0.29) is 6.42 Å². The Hall–Kier alpha value is -2.42. The number of thioether (sulfide) groups is 1. The first-order valence-electron chi connectivity index (χ1n) is 9.28. The van der Waals surface area contributed by atoms with Crippen LogP contribution in [-0.2, 0) is 24.0 Å². The summed E-state index contributed by atoms with van der Waals surface area (Å²) in [6.45, 7) is 2.40. The average Bonchev–Trinajstić information content (AvgIpc) is 2.66. The lowest BCUT2D eigenvalue weighted by molar-refractivity contribution is -0.145. The Bertz CT molecular complexity index is 660. The molecule has 0 radical (unpaired) electrons. The molecule has 0 aliphatic rings. The van der Waals surface area contributed by atoms with E-state index in [9.17, 15) is 34.2 Å². The normalized spacial score (nSPS) is 16.7. The van der Waals surface area contributed by atoms with Crippen LogP contribution in [-0.4, -0.2) is 98.5 Å². The fourth-order valence-electron chi connectivity index (χ4n) is 2.29. The third kappa shape index (κ3) is 10.4. The maximum atomic E-state index is 12.6. The number of aliphatic carboxylic acids is 2. The van der Waals surface area contributed by atoms with E-state index in [1.165, 1.54) is 25.6 Å². The van der Waals surface area contributed by atoms with Crippen LogP contribution in [0.25, 0.3) is 0 Å². The molecule has 0 aromatic rings. The molecule has 0 aromatic carbocycles. The highest BCUT2D eigenvalue weighted by Crippen LogP contribution is 2.05. The van der Waals surface area contributed by atoms with Crippen molar-refractivity contribution < 1.29 is 44.4 Å². The van der Waals surface area contributed by atoms with Crippen molar-refractivity contribution in [2.75, 3.05) is 12.0 Å². The first-order valence-corrected chi connectivity index (χ1v) is 10.7. The molecular weight excluding hydrogens is 436 g/mol. The highest BCUT2D eigenvalue weighted by Gasteiger charge is 2.32. The summed E-state index contributed by atoms with van der Waals surface area (Å²) >= 11 is 1.34. The Kier molecular flexibility index (Phi) is 12.7. The standard InChI is InChI=1S/C17H30N4O9S/c1-7(22)12(18)16(28)20-10(6-11(24)25)15(27)19-9(4-5-31-3)14(26)21-13(8(2)23)17(29)30/h7-10,12-13,22-23H,4-6,18H2,1-3H3,(H,19,27)(H,20,28)(H,21,26)(H,24,25)(H,29,30). The minimum absolute atomic E-state index is 0.0613. The summed E-state index contributed by atoms with van der Waals surface area (Å²) in [5.74, 6) is -5.41. The van der Waals surface area contributed by atoms with Crippen LogP contribution in [0.1, 0.15) is 26.7 Å². The first-order chi connectivity index (χ1) is 14.3. The van der Waals surface area contributed by atoms with E-state index in [0.717, 1.165) is 0 Å². The van der Waals surface area contributed by atoms with Gasteiger partial charge in [-0.25, -0.2) is 4.79 Å². The zero-order valence-electron chi connectivity index (χ0n) is 17.4. The molecule has 0 saturated carbocycles. The van der Waals surface area contributed by atoms with Crippen LogP contribution in [0.5, 0.6) is 0 Å². The molecule has 0 rings (SSSR count). The lowest BCUT2D eigenvalue weighted by atomic mass is 10.1. The second kappa shape index (κ2) is 13.8. The summed E-state index contributed by atoms with van der Waals surface area (Å²) in [5, 5.41) is 43.6. The quantitative estimate of drug-likeness (QED) is 0.127. The first kappa shape index (κ1) is 28.6. The molecule has 9 N–H and O–H groups in total. The number of carbonyl (C=O) groups excluding carboxylic acids is 3. The molecule has 0 spiro atoms. The Labute approximate surface area is 183 Å². The second-order valence-corrected chi connectivity index (χ2v) is 7.82. The highest BCUT2D eigenvalue weighted by molar-refractivity contribution is 7.98. The summed E-state index contributed by atoms with van der Waals surface area (Å²) in [4.78, 5) is 59.4. The monoisotopic (exact) mass is 466 g/mol. The van der Waals surface area contributed by atoms with E-state index < -0.39 is 72.5 Å². The zero-order chi connectivity index (χ0) is 24.3. The topological polar surface area (TPSA) is 228 Å². The van der Waals surface area contributed by atoms with Crippen molar-refractivity contribution in [1.29, 1.82) is 0 Å². The lowest BCUT2D eigenvalue weighted by Gasteiger charge is -2.25. The molecule has 6 unspecified atom stereocenters. The molecule has 0 fully saturated rings. The van der Waals surface area contributed by atoms with Gasteiger partial charge in [0, 0.05) is 0 Å². The molecule has 0 aromatic heterocycles. The number of hydrogen-bond acceptors (Lipinski definition) is 9. The van der Waals surface area contributed by atoms with Gasteiger partial charge < -0.3 is 42.1 Å². The SMILES string of the molecule is CSCCC(NC(=O)C(CC(=O)O)NC(=O)C(N)C(C)O)C(=O)NC(C(=O)O)C(C)O. The van der Waals surface area contributed by atoms with Crippen molar-refractivity contribution >= 4 is 41.4 Å². The molecule has 0 aliphatic carbocycles. The number of nitrogens with one attached hydrogen (secondary N) is 3. The number of hydrogen-bond donors (Lipinski definition) is 8. The third-order valence-electron chi connectivity index (χ3n) is 4.12. The largest absolute Gasteiger partial charge is 0.481 e. The summed E-state index contributed by atoms with van der Waals surface area (Å²) < 4.78 is 0. The van der Waals surface area contributed by atoms with Crippen molar-refractivity contribution in [2.24, 2.45) is 5.73 Å². The summed E-state index contributed by atoms with van der Waals surface area (Å²) in [5.41, 5.74) is 5.48. The van der Waals surface area contributed by atoms with Gasteiger partial charge in [0.25, 0.3) is 0 Å². The van der Waals surface area contributed by atoms with E-state index in [0.29, 0.717) is 5.75 Å². The molecule has 6 atom stereocenters. The van der Waals surface area contributed by atoms with Gasteiger partial charge in [-0.1, -0.05) is 0 Å². The lowest BCUT2D eigenvalue weighted by Crippen LogP contribution is -2.59. The molecule has 0 saturated heterocycles. The minimum atomic E-state index is -1.63. The number of carboxylic acid groups (broad SMARTS) is 2. The van der Waals surface area contributed by atoms with Gasteiger partial charge >= 0.3 is 11.9 Å². The van der Waals surface area contributed by atoms with Crippen molar-refractivity contribution in [3.63, 3.8) is 0 Å². The molecule has 3 amide bonds. The van der Waals surface area contributed by atoms with Crippen LogP contribution in [0, 0.1) is 0 Å². The molecule has 14 heteroatoms. The minimum Gasteiger partial charge on any atom is -0.481 e. The molecule has 31 heavy (non-hydrogen) atoms. The fraction of sp³-hybridized carbons (Fsp3) is 0.706. The molecule has 13 nitrogen and oxygen atoms in total. The predicted molar refractivity (Wildman–Crippen MR) is 110 cm³/mol. The van der Waals surface area contributed by atoms with Crippen molar-refractivity contribution in [1.82, 2.24) is 16.0 Å². The number of nitrogens with two attached hydrogens (primary N) is 1. The maximum Gasteiger partial charge on any atom is 0.328 e. The third-order valence-corrected chi connectivity index (χ3v) is 4.77. The van der Waals surface area contributed by atoms with Crippen LogP contribution in [0.2, 0.25) is 0 Å². The summed E-state index contributed by atoms with van der Waals surface area (Å²) in [7, 11) is 0. The van der Waals surface area contributed by atoms with Crippen LogP contribution in [0.15, 0.2) is 0 Å². The number of rotatable bonds is 14. The number of carbonyl (C=O) groups is 5. The van der Waals surface area contributed by atoms with Crippen LogP contribution in [0.3, 0.4) is 0 Å². The van der Waals surface area contributed by atoms with E-state index in [2.05, 4.69) is 16.0 Å². The number of aliphatic hydroxyl groups excluding tert-OH is 2. The van der Waals surface area contributed by atoms with E-state index >= 15 is 0 Å². The summed E-state index contributed by atoms with van der Waals surface area (Å²) in [6, 6.07) is -5.91. The van der Waals surface area contributed by atoms with Gasteiger partial charge in [-0.05, 0) is 32.3 Å². The smallest absolute Gasteiger partial charge is 0.328 e. The molecule has 178 valence electrons. The molecule has 0 heterocycles. The van der Waals surface area contributed by atoms with E-state index in [4.69, 9.17) is 15.9 Å². The fourth-order valence-corrected chi connectivity index (χ4v) is 2.76. The highest BCUT2D eigenvalue weighted by atomic mass is 32.2. The Morgan fingerprint density at radius 3 is 1.81 bits per heavy atom. The average molecular weight is 467 g/mol.